The van der Waals surface area contributed by atoms with Crippen molar-refractivity contribution in [1.82, 2.24) is 20.2 Å². The van der Waals surface area contributed by atoms with Crippen LogP contribution in [0.4, 0.5) is 4.79 Å². The van der Waals surface area contributed by atoms with Crippen LogP contribution in [0.2, 0.25) is 5.02 Å². The second-order valence-electron chi connectivity index (χ2n) is 6.03. The van der Waals surface area contributed by atoms with Crippen molar-refractivity contribution >= 4 is 28.7 Å². The summed E-state index contributed by atoms with van der Waals surface area (Å²) in [6.45, 7) is 1.88. The zero-order valence-corrected chi connectivity index (χ0v) is 13.8. The number of aromatic amines is 1. The minimum Gasteiger partial charge on any atom is -0.342 e. The van der Waals surface area contributed by atoms with Crippen LogP contribution in [0, 0.1) is 0 Å². The second kappa shape index (κ2) is 6.17. The Labute approximate surface area is 144 Å². The molecule has 3 aromatic rings. The lowest BCUT2D eigenvalue weighted by Gasteiger charge is -2.38. The Bertz CT molecular complexity index is 835. The first-order valence-corrected chi connectivity index (χ1v) is 8.29. The molecule has 0 spiro atoms. The number of H-pyrrole nitrogens is 1. The number of imidazole rings is 1. The molecule has 1 aromatic heterocycles. The number of hydrogen-bond acceptors (Lipinski definition) is 2. The Morgan fingerprint density at radius 1 is 1.21 bits per heavy atom. The van der Waals surface area contributed by atoms with Crippen LogP contribution in [-0.4, -0.2) is 34.0 Å². The van der Waals surface area contributed by atoms with Crippen LogP contribution in [0.3, 0.4) is 0 Å². The first kappa shape index (κ1) is 15.0. The molecule has 2 N–H and O–H groups in total. The van der Waals surface area contributed by atoms with Crippen molar-refractivity contribution < 1.29 is 4.79 Å². The summed E-state index contributed by atoms with van der Waals surface area (Å²) >= 11 is 5.86. The van der Waals surface area contributed by atoms with Gasteiger partial charge in [-0.1, -0.05) is 35.9 Å². The number of rotatable bonds is 3. The maximum Gasteiger partial charge on any atom is 0.317 e. The highest BCUT2D eigenvalue weighted by Gasteiger charge is 2.33. The molecule has 0 saturated carbocycles. The zero-order valence-electron chi connectivity index (χ0n) is 13.0. The molecular formula is C18H17ClN4O. The van der Waals surface area contributed by atoms with Gasteiger partial charge in [-0.15, -0.1) is 0 Å². The van der Waals surface area contributed by atoms with Gasteiger partial charge in [0.2, 0.25) is 0 Å². The predicted molar refractivity (Wildman–Crippen MR) is 94.1 cm³/mol. The van der Waals surface area contributed by atoms with Crippen molar-refractivity contribution in [2.75, 3.05) is 13.1 Å². The number of aromatic nitrogens is 2. The van der Waals surface area contributed by atoms with Gasteiger partial charge in [0.25, 0.3) is 0 Å². The van der Waals surface area contributed by atoms with Crippen molar-refractivity contribution in [3.8, 4) is 0 Å². The molecule has 2 heterocycles. The van der Waals surface area contributed by atoms with E-state index in [9.17, 15) is 4.79 Å². The Kier molecular flexibility index (Phi) is 3.86. The maximum absolute atomic E-state index is 12.2. The van der Waals surface area contributed by atoms with E-state index in [1.165, 1.54) is 0 Å². The predicted octanol–water partition coefficient (Wildman–Crippen LogP) is 3.53. The van der Waals surface area contributed by atoms with E-state index in [0.29, 0.717) is 24.7 Å². The number of para-hydroxylation sites is 2. The highest BCUT2D eigenvalue weighted by Crippen LogP contribution is 2.26. The lowest BCUT2D eigenvalue weighted by molar-refractivity contribution is 0.148. The largest absolute Gasteiger partial charge is 0.342 e. The Morgan fingerprint density at radius 2 is 1.96 bits per heavy atom. The number of urea groups is 1. The van der Waals surface area contributed by atoms with Crippen molar-refractivity contribution in [3.05, 3.63) is 64.9 Å². The number of hydrogen-bond donors (Lipinski definition) is 2. The minimum absolute atomic E-state index is 0.0442. The fourth-order valence-corrected chi connectivity index (χ4v) is 3.00. The Hall–Kier alpha value is -2.53. The molecule has 2 aromatic carbocycles. The third-order valence-electron chi connectivity index (χ3n) is 4.32. The molecule has 24 heavy (non-hydrogen) atoms. The van der Waals surface area contributed by atoms with Gasteiger partial charge >= 0.3 is 6.03 Å². The molecule has 0 bridgehead atoms. The van der Waals surface area contributed by atoms with Crippen LogP contribution < -0.4 is 5.32 Å². The van der Waals surface area contributed by atoms with E-state index in [0.717, 1.165) is 22.4 Å². The third-order valence-corrected chi connectivity index (χ3v) is 4.57. The molecule has 122 valence electrons. The van der Waals surface area contributed by atoms with E-state index in [-0.39, 0.29) is 11.9 Å². The molecule has 1 aliphatic rings. The number of fused-ring (bicyclic) bond motifs is 1. The summed E-state index contributed by atoms with van der Waals surface area (Å²) in [5.74, 6) is 1.23. The summed E-state index contributed by atoms with van der Waals surface area (Å²) in [7, 11) is 0. The van der Waals surface area contributed by atoms with Gasteiger partial charge in [0.05, 0.1) is 17.0 Å². The van der Waals surface area contributed by atoms with Crippen LogP contribution in [0.25, 0.3) is 11.0 Å². The van der Waals surface area contributed by atoms with E-state index in [1.54, 1.807) is 4.90 Å². The summed E-state index contributed by atoms with van der Waals surface area (Å²) < 4.78 is 0. The van der Waals surface area contributed by atoms with Gasteiger partial charge in [0.15, 0.2) is 0 Å². The van der Waals surface area contributed by atoms with Gasteiger partial charge in [-0.05, 0) is 29.8 Å². The van der Waals surface area contributed by atoms with Gasteiger partial charge in [-0.25, -0.2) is 9.78 Å². The molecule has 1 aliphatic heterocycles. The van der Waals surface area contributed by atoms with Gasteiger partial charge in [-0.3, -0.25) is 0 Å². The van der Waals surface area contributed by atoms with E-state index in [2.05, 4.69) is 15.3 Å². The monoisotopic (exact) mass is 340 g/mol. The van der Waals surface area contributed by atoms with Gasteiger partial charge in [0, 0.05) is 24.7 Å². The van der Waals surface area contributed by atoms with E-state index in [4.69, 9.17) is 11.6 Å². The number of nitrogens with one attached hydrogen (secondary N) is 2. The summed E-state index contributed by atoms with van der Waals surface area (Å²) in [6.07, 6.45) is 0. The lowest BCUT2D eigenvalue weighted by atomic mass is 10.0. The van der Waals surface area contributed by atoms with Crippen LogP contribution in [0.1, 0.15) is 17.3 Å². The molecular weight excluding hydrogens is 324 g/mol. The summed E-state index contributed by atoms with van der Waals surface area (Å²) in [5, 5.41) is 3.63. The fraction of sp³-hybridized carbons (Fsp3) is 0.222. The summed E-state index contributed by atoms with van der Waals surface area (Å²) in [6, 6.07) is 15.4. The summed E-state index contributed by atoms with van der Waals surface area (Å²) in [4.78, 5) is 21.9. The van der Waals surface area contributed by atoms with Gasteiger partial charge in [-0.2, -0.15) is 0 Å². The molecule has 0 aliphatic carbocycles. The standard InChI is InChI=1S/C18H17ClN4O/c19-14-7-5-12(6-8-14)9-20-18(24)23-10-13(11-23)17-21-15-3-1-2-4-16(15)22-17/h1-8,13H,9-11H2,(H,20,24)(H,21,22). The van der Waals surface area contributed by atoms with Gasteiger partial charge in [0.1, 0.15) is 5.82 Å². The van der Waals surface area contributed by atoms with Crippen molar-refractivity contribution in [2.24, 2.45) is 0 Å². The smallest absolute Gasteiger partial charge is 0.317 e. The first-order chi connectivity index (χ1) is 11.7. The maximum atomic E-state index is 12.2. The average molecular weight is 341 g/mol. The number of benzene rings is 2. The molecule has 0 radical (unpaired) electrons. The van der Waals surface area contributed by atoms with Crippen LogP contribution in [0.5, 0.6) is 0 Å². The molecule has 1 saturated heterocycles. The quantitative estimate of drug-likeness (QED) is 0.766. The Balaban J connectivity index is 1.31. The van der Waals surface area contributed by atoms with E-state index < -0.39 is 0 Å². The van der Waals surface area contributed by atoms with Crippen molar-refractivity contribution in [2.45, 2.75) is 12.5 Å². The number of carbonyl (C=O) groups excluding carboxylic acids is 1. The highest BCUT2D eigenvalue weighted by atomic mass is 35.5. The number of amides is 2. The lowest BCUT2D eigenvalue weighted by Crippen LogP contribution is -2.52. The molecule has 0 atom stereocenters. The zero-order chi connectivity index (χ0) is 16.5. The molecule has 1 fully saturated rings. The molecule has 5 nitrogen and oxygen atoms in total. The minimum atomic E-state index is -0.0442. The Morgan fingerprint density at radius 3 is 2.71 bits per heavy atom. The third kappa shape index (κ3) is 2.95. The number of carbonyl (C=O) groups is 1. The first-order valence-electron chi connectivity index (χ1n) is 7.91. The number of halogens is 1. The van der Waals surface area contributed by atoms with Crippen LogP contribution >= 0.6 is 11.6 Å². The van der Waals surface area contributed by atoms with Crippen LogP contribution in [-0.2, 0) is 6.54 Å². The van der Waals surface area contributed by atoms with Crippen molar-refractivity contribution in [1.29, 1.82) is 0 Å². The molecule has 6 heteroatoms. The number of likely N-dealkylation sites (tertiary alicyclic amines) is 1. The van der Waals surface area contributed by atoms with Crippen LogP contribution in [0.15, 0.2) is 48.5 Å². The summed E-state index contributed by atoms with van der Waals surface area (Å²) in [5.41, 5.74) is 3.04. The topological polar surface area (TPSA) is 61.0 Å². The van der Waals surface area contributed by atoms with E-state index >= 15 is 0 Å². The molecule has 4 rings (SSSR count). The second-order valence-corrected chi connectivity index (χ2v) is 6.46. The van der Waals surface area contributed by atoms with Gasteiger partial charge < -0.3 is 15.2 Å². The molecule has 0 unspecified atom stereocenters. The molecule has 2 amide bonds. The fourth-order valence-electron chi connectivity index (χ4n) is 2.87. The average Bonchev–Trinajstić information content (AvgIpc) is 2.96. The normalized spacial score (nSPS) is 14.6. The number of nitrogens with zero attached hydrogens (tertiary/aromatic N) is 2. The highest BCUT2D eigenvalue weighted by molar-refractivity contribution is 6.30. The SMILES string of the molecule is O=C(NCc1ccc(Cl)cc1)N1CC(c2nc3ccccc3[nH]2)C1. The van der Waals surface area contributed by atoms with Crippen molar-refractivity contribution in [3.63, 3.8) is 0 Å². The van der Waals surface area contributed by atoms with E-state index in [1.807, 2.05) is 48.5 Å².